The van der Waals surface area contributed by atoms with Gasteiger partial charge in [-0.2, -0.15) is 0 Å². The summed E-state index contributed by atoms with van der Waals surface area (Å²) in [6.07, 6.45) is 0. The van der Waals surface area contributed by atoms with Gasteiger partial charge in [0.15, 0.2) is 6.61 Å². The van der Waals surface area contributed by atoms with E-state index in [1.807, 2.05) is 30.3 Å². The molecule has 1 saturated heterocycles. The van der Waals surface area contributed by atoms with E-state index in [-0.39, 0.29) is 18.6 Å². The van der Waals surface area contributed by atoms with E-state index < -0.39 is 0 Å². The molecule has 1 aliphatic rings. The summed E-state index contributed by atoms with van der Waals surface area (Å²) in [5, 5.41) is 3.75. The Morgan fingerprint density at radius 2 is 1.81 bits per heavy atom. The zero-order chi connectivity index (χ0) is 18.2. The minimum atomic E-state index is -0.138. The number of halogens is 1. The number of carbonyl (C=O) groups excluding carboxylic acids is 1. The summed E-state index contributed by atoms with van der Waals surface area (Å²) in [6.45, 7) is 4.26. The average Bonchev–Trinajstić information content (AvgIpc) is 2.68. The van der Waals surface area contributed by atoms with Crippen LogP contribution in [0.4, 0.5) is 0 Å². The SMILES string of the molecule is O=C(COc1ccc(Cl)cc1)N[C@@H](C[NH+]1CCOCC1)c1ccccc1. The van der Waals surface area contributed by atoms with E-state index in [2.05, 4.69) is 5.32 Å². The molecule has 0 unspecified atom stereocenters. The van der Waals surface area contributed by atoms with E-state index in [0.29, 0.717) is 10.8 Å². The van der Waals surface area contributed by atoms with Gasteiger partial charge >= 0.3 is 0 Å². The van der Waals surface area contributed by atoms with Gasteiger partial charge in [-0.05, 0) is 29.8 Å². The van der Waals surface area contributed by atoms with Gasteiger partial charge in [-0.1, -0.05) is 41.9 Å². The third-order valence-corrected chi connectivity index (χ3v) is 4.67. The number of quaternary nitrogens is 1. The lowest BCUT2D eigenvalue weighted by Gasteiger charge is -2.28. The summed E-state index contributed by atoms with van der Waals surface area (Å²) in [7, 11) is 0. The predicted octanol–water partition coefficient (Wildman–Crippen LogP) is 1.49. The summed E-state index contributed by atoms with van der Waals surface area (Å²) in [6, 6.07) is 17.0. The second-order valence-corrected chi connectivity index (χ2v) is 6.78. The molecule has 1 heterocycles. The molecule has 1 amide bonds. The van der Waals surface area contributed by atoms with Crippen molar-refractivity contribution in [2.45, 2.75) is 6.04 Å². The number of hydrogen-bond donors (Lipinski definition) is 2. The van der Waals surface area contributed by atoms with E-state index in [1.54, 1.807) is 24.3 Å². The minimum Gasteiger partial charge on any atom is -0.484 e. The molecule has 26 heavy (non-hydrogen) atoms. The zero-order valence-corrected chi connectivity index (χ0v) is 15.4. The smallest absolute Gasteiger partial charge is 0.258 e. The molecule has 0 saturated carbocycles. The standard InChI is InChI=1S/C20H23ClN2O3/c21-17-6-8-18(9-7-17)26-15-20(24)22-19(16-4-2-1-3-5-16)14-23-10-12-25-13-11-23/h1-9,19H,10-15H2,(H,22,24)/p+1/t19-/m0/s1. The van der Waals surface area contributed by atoms with E-state index in [1.165, 1.54) is 4.90 Å². The van der Waals surface area contributed by atoms with E-state index in [4.69, 9.17) is 21.1 Å². The number of benzene rings is 2. The highest BCUT2D eigenvalue weighted by atomic mass is 35.5. The van der Waals surface area contributed by atoms with Crippen molar-refractivity contribution in [1.29, 1.82) is 0 Å². The van der Waals surface area contributed by atoms with Crippen LogP contribution in [0, 0.1) is 0 Å². The van der Waals surface area contributed by atoms with Crippen LogP contribution in [0.2, 0.25) is 5.02 Å². The van der Waals surface area contributed by atoms with Gasteiger partial charge in [-0.25, -0.2) is 0 Å². The van der Waals surface area contributed by atoms with E-state index in [9.17, 15) is 4.79 Å². The molecular formula is C20H24ClN2O3+. The molecule has 2 N–H and O–H groups in total. The molecule has 3 rings (SSSR count). The molecule has 0 aromatic heterocycles. The molecule has 1 atom stereocenters. The van der Waals surface area contributed by atoms with Gasteiger partial charge in [0.2, 0.25) is 0 Å². The van der Waals surface area contributed by atoms with Gasteiger partial charge in [0.1, 0.15) is 31.4 Å². The van der Waals surface area contributed by atoms with E-state index in [0.717, 1.165) is 38.4 Å². The number of hydrogen-bond acceptors (Lipinski definition) is 3. The number of amides is 1. The summed E-state index contributed by atoms with van der Waals surface area (Å²) in [4.78, 5) is 13.8. The molecular weight excluding hydrogens is 352 g/mol. The van der Waals surface area contributed by atoms with Crippen molar-refractivity contribution in [2.24, 2.45) is 0 Å². The monoisotopic (exact) mass is 375 g/mol. The first-order chi connectivity index (χ1) is 12.7. The van der Waals surface area contributed by atoms with Crippen molar-refractivity contribution in [3.05, 3.63) is 65.2 Å². The zero-order valence-electron chi connectivity index (χ0n) is 14.6. The van der Waals surface area contributed by atoms with Gasteiger partial charge < -0.3 is 19.7 Å². The highest BCUT2D eigenvalue weighted by molar-refractivity contribution is 6.30. The van der Waals surface area contributed by atoms with Crippen LogP contribution in [0.1, 0.15) is 11.6 Å². The van der Waals surface area contributed by atoms with Crippen molar-refractivity contribution in [1.82, 2.24) is 5.32 Å². The first kappa shape index (κ1) is 18.7. The normalized spacial score (nSPS) is 16.0. The Morgan fingerprint density at radius 1 is 1.12 bits per heavy atom. The van der Waals surface area contributed by atoms with Crippen LogP contribution < -0.4 is 15.0 Å². The Morgan fingerprint density at radius 3 is 2.50 bits per heavy atom. The first-order valence-electron chi connectivity index (χ1n) is 8.85. The Hall–Kier alpha value is -2.08. The lowest BCUT2D eigenvalue weighted by Crippen LogP contribution is -3.14. The summed E-state index contributed by atoms with van der Waals surface area (Å²) < 4.78 is 11.0. The largest absolute Gasteiger partial charge is 0.484 e. The Balaban J connectivity index is 1.58. The topological polar surface area (TPSA) is 52.0 Å². The number of ether oxygens (including phenoxy) is 2. The molecule has 0 aliphatic carbocycles. The van der Waals surface area contributed by atoms with Crippen molar-refractivity contribution in [3.8, 4) is 5.75 Å². The Kier molecular flexibility index (Phi) is 6.89. The van der Waals surface area contributed by atoms with Crippen LogP contribution in [0.3, 0.4) is 0 Å². The fourth-order valence-electron chi connectivity index (χ4n) is 3.01. The minimum absolute atomic E-state index is 0.0244. The Bertz CT molecular complexity index is 688. The third-order valence-electron chi connectivity index (χ3n) is 4.41. The summed E-state index contributed by atoms with van der Waals surface area (Å²) in [5.41, 5.74) is 1.10. The summed E-state index contributed by atoms with van der Waals surface area (Å²) >= 11 is 5.86. The molecule has 2 aromatic rings. The molecule has 0 radical (unpaired) electrons. The molecule has 138 valence electrons. The second-order valence-electron chi connectivity index (χ2n) is 6.34. The molecule has 6 heteroatoms. The van der Waals surface area contributed by atoms with Crippen LogP contribution in [-0.4, -0.2) is 45.4 Å². The maximum atomic E-state index is 12.4. The molecule has 0 bridgehead atoms. The highest BCUT2D eigenvalue weighted by Gasteiger charge is 2.23. The van der Waals surface area contributed by atoms with Gasteiger partial charge in [0.05, 0.1) is 13.2 Å². The number of nitrogens with one attached hydrogen (secondary N) is 2. The second kappa shape index (κ2) is 9.57. The molecule has 5 nitrogen and oxygen atoms in total. The fraction of sp³-hybridized carbons (Fsp3) is 0.350. The van der Waals surface area contributed by atoms with Crippen molar-refractivity contribution < 1.29 is 19.2 Å². The maximum absolute atomic E-state index is 12.4. The van der Waals surface area contributed by atoms with Crippen molar-refractivity contribution >= 4 is 17.5 Å². The molecule has 1 fully saturated rings. The van der Waals surface area contributed by atoms with Gasteiger partial charge in [0.25, 0.3) is 5.91 Å². The van der Waals surface area contributed by atoms with Crippen LogP contribution in [0.5, 0.6) is 5.75 Å². The first-order valence-corrected chi connectivity index (χ1v) is 9.22. The molecule has 0 spiro atoms. The summed E-state index contributed by atoms with van der Waals surface area (Å²) in [5.74, 6) is 0.487. The number of carbonyl (C=O) groups is 1. The van der Waals surface area contributed by atoms with Crippen LogP contribution in [0.25, 0.3) is 0 Å². The van der Waals surface area contributed by atoms with Crippen molar-refractivity contribution in [3.63, 3.8) is 0 Å². The lowest BCUT2D eigenvalue weighted by molar-refractivity contribution is -0.909. The number of rotatable bonds is 7. The predicted molar refractivity (Wildman–Crippen MR) is 101 cm³/mol. The fourth-order valence-corrected chi connectivity index (χ4v) is 3.13. The Labute approximate surface area is 158 Å². The molecule has 1 aliphatic heterocycles. The number of morpholine rings is 1. The maximum Gasteiger partial charge on any atom is 0.258 e. The van der Waals surface area contributed by atoms with Gasteiger partial charge in [0, 0.05) is 5.02 Å². The third kappa shape index (κ3) is 5.73. The quantitative estimate of drug-likeness (QED) is 0.771. The highest BCUT2D eigenvalue weighted by Crippen LogP contribution is 2.15. The van der Waals surface area contributed by atoms with Crippen LogP contribution >= 0.6 is 11.6 Å². The van der Waals surface area contributed by atoms with Crippen LogP contribution in [-0.2, 0) is 9.53 Å². The van der Waals surface area contributed by atoms with Gasteiger partial charge in [-0.15, -0.1) is 0 Å². The van der Waals surface area contributed by atoms with Gasteiger partial charge in [-0.3, -0.25) is 4.79 Å². The van der Waals surface area contributed by atoms with Crippen molar-refractivity contribution in [2.75, 3.05) is 39.5 Å². The average molecular weight is 376 g/mol. The van der Waals surface area contributed by atoms with Crippen LogP contribution in [0.15, 0.2) is 54.6 Å². The lowest BCUT2D eigenvalue weighted by atomic mass is 10.1. The molecule has 2 aromatic carbocycles. The van der Waals surface area contributed by atoms with E-state index >= 15 is 0 Å².